The van der Waals surface area contributed by atoms with Gasteiger partial charge in [-0.15, -0.1) is 0 Å². The normalized spacial score (nSPS) is 20.2. The topological polar surface area (TPSA) is 32.3 Å². The molecule has 108 valence electrons. The third-order valence-corrected chi connectivity index (χ3v) is 5.40. The number of hydrogen-bond acceptors (Lipinski definition) is 3. The van der Waals surface area contributed by atoms with Crippen LogP contribution in [-0.2, 0) is 0 Å². The Labute approximate surface area is 117 Å². The second kappa shape index (κ2) is 9.22. The van der Waals surface area contributed by atoms with Crippen molar-refractivity contribution < 1.29 is 5.11 Å². The largest absolute Gasteiger partial charge is 0.394 e. The zero-order valence-electron chi connectivity index (χ0n) is 12.2. The molecule has 2 N–H and O–H groups in total. The zero-order chi connectivity index (χ0) is 13.3. The number of nitrogens with one attached hydrogen (secondary N) is 1. The van der Waals surface area contributed by atoms with Crippen LogP contribution >= 0.6 is 11.8 Å². The summed E-state index contributed by atoms with van der Waals surface area (Å²) in [7, 11) is 0. The monoisotopic (exact) mass is 273 g/mol. The van der Waals surface area contributed by atoms with Crippen molar-refractivity contribution in [1.29, 1.82) is 0 Å². The van der Waals surface area contributed by atoms with Gasteiger partial charge in [-0.3, -0.25) is 0 Å². The van der Waals surface area contributed by atoms with Gasteiger partial charge >= 0.3 is 0 Å². The molecule has 1 fully saturated rings. The third-order valence-electron chi connectivity index (χ3n) is 3.93. The van der Waals surface area contributed by atoms with Gasteiger partial charge in [-0.05, 0) is 51.3 Å². The summed E-state index contributed by atoms with van der Waals surface area (Å²) >= 11 is 2.18. The Morgan fingerprint density at radius 1 is 1.28 bits per heavy atom. The van der Waals surface area contributed by atoms with E-state index >= 15 is 0 Å². The first kappa shape index (κ1) is 16.3. The molecule has 0 amide bonds. The molecule has 1 aliphatic carbocycles. The van der Waals surface area contributed by atoms with E-state index in [1.54, 1.807) is 0 Å². The van der Waals surface area contributed by atoms with Crippen molar-refractivity contribution in [3.63, 3.8) is 0 Å². The number of thioether (sulfide) groups is 1. The van der Waals surface area contributed by atoms with E-state index in [4.69, 9.17) is 0 Å². The highest BCUT2D eigenvalue weighted by Crippen LogP contribution is 2.30. The Kier molecular flexibility index (Phi) is 8.36. The van der Waals surface area contributed by atoms with Crippen LogP contribution < -0.4 is 5.32 Å². The van der Waals surface area contributed by atoms with Gasteiger partial charge in [0.2, 0.25) is 0 Å². The van der Waals surface area contributed by atoms with Gasteiger partial charge in [0, 0.05) is 10.8 Å². The molecule has 0 aliphatic heterocycles. The average molecular weight is 273 g/mol. The smallest absolute Gasteiger partial charge is 0.0610 e. The summed E-state index contributed by atoms with van der Waals surface area (Å²) in [6.07, 6.45) is 10.5. The van der Waals surface area contributed by atoms with Crippen LogP contribution in [0.15, 0.2) is 0 Å². The van der Waals surface area contributed by atoms with Crippen LogP contribution in [0.5, 0.6) is 0 Å². The maximum atomic E-state index is 9.47. The molecular weight excluding hydrogens is 242 g/mol. The van der Waals surface area contributed by atoms with E-state index in [0.29, 0.717) is 0 Å². The highest BCUT2D eigenvalue weighted by Gasteiger charge is 2.21. The van der Waals surface area contributed by atoms with Gasteiger partial charge in [0.1, 0.15) is 0 Å². The van der Waals surface area contributed by atoms with Crippen molar-refractivity contribution >= 4 is 11.8 Å². The molecule has 0 bridgehead atoms. The second-order valence-electron chi connectivity index (χ2n) is 5.88. The minimum Gasteiger partial charge on any atom is -0.394 e. The Bertz CT molecular complexity index is 207. The highest BCUT2D eigenvalue weighted by atomic mass is 32.2. The van der Waals surface area contributed by atoms with Gasteiger partial charge in [0.25, 0.3) is 0 Å². The van der Waals surface area contributed by atoms with Crippen molar-refractivity contribution in [2.24, 2.45) is 0 Å². The molecular formula is C15H31NOS. The van der Waals surface area contributed by atoms with Crippen LogP contribution in [0.1, 0.15) is 65.2 Å². The van der Waals surface area contributed by atoms with Gasteiger partial charge in [-0.2, -0.15) is 11.8 Å². The quantitative estimate of drug-likeness (QED) is 0.597. The van der Waals surface area contributed by atoms with Crippen LogP contribution in [0, 0.1) is 0 Å². The Morgan fingerprint density at radius 2 is 2.00 bits per heavy atom. The molecule has 2 nitrogen and oxygen atoms in total. The lowest BCUT2D eigenvalue weighted by atomic mass is 9.96. The van der Waals surface area contributed by atoms with Crippen molar-refractivity contribution in [2.75, 3.05) is 18.9 Å². The molecule has 1 unspecified atom stereocenters. The molecule has 0 spiro atoms. The second-order valence-corrected chi connectivity index (χ2v) is 7.29. The molecule has 0 aromatic rings. The molecule has 1 rings (SSSR count). The lowest BCUT2D eigenvalue weighted by molar-refractivity contribution is 0.163. The van der Waals surface area contributed by atoms with Crippen molar-refractivity contribution in [3.05, 3.63) is 0 Å². The average Bonchev–Trinajstić information content (AvgIpc) is 2.89. The standard InChI is InChI=1S/C15H31NOS/c1-3-11-16-15(2,13-17)10-6-7-12-18-14-8-4-5-9-14/h14,16-17H,3-13H2,1-2H3. The lowest BCUT2D eigenvalue weighted by Gasteiger charge is -2.29. The van der Waals surface area contributed by atoms with Crippen molar-refractivity contribution in [2.45, 2.75) is 76.0 Å². The molecule has 1 atom stereocenters. The van der Waals surface area contributed by atoms with Gasteiger partial charge in [-0.25, -0.2) is 0 Å². The molecule has 0 saturated heterocycles. The maximum absolute atomic E-state index is 9.47. The lowest BCUT2D eigenvalue weighted by Crippen LogP contribution is -2.46. The third kappa shape index (κ3) is 6.44. The van der Waals surface area contributed by atoms with Gasteiger partial charge in [0.05, 0.1) is 6.61 Å². The summed E-state index contributed by atoms with van der Waals surface area (Å²) < 4.78 is 0. The number of hydrogen-bond donors (Lipinski definition) is 2. The molecule has 1 saturated carbocycles. The predicted octanol–water partition coefficient (Wildman–Crippen LogP) is 3.58. The summed E-state index contributed by atoms with van der Waals surface area (Å²) in [5.74, 6) is 1.31. The number of unbranched alkanes of at least 4 members (excludes halogenated alkanes) is 1. The molecule has 3 heteroatoms. The van der Waals surface area contributed by atoms with Crippen LogP contribution in [0.2, 0.25) is 0 Å². The fraction of sp³-hybridized carbons (Fsp3) is 1.00. The first-order valence-corrected chi connectivity index (χ1v) is 8.72. The molecule has 0 heterocycles. The van der Waals surface area contributed by atoms with E-state index in [2.05, 4.69) is 30.9 Å². The maximum Gasteiger partial charge on any atom is 0.0610 e. The minimum absolute atomic E-state index is 0.0615. The van der Waals surface area contributed by atoms with Crippen LogP contribution in [0.3, 0.4) is 0 Å². The Morgan fingerprint density at radius 3 is 2.61 bits per heavy atom. The fourth-order valence-electron chi connectivity index (χ4n) is 2.57. The number of rotatable bonds is 10. The SMILES string of the molecule is CCCNC(C)(CO)CCCCSC1CCCC1. The van der Waals surface area contributed by atoms with Gasteiger partial charge in [0.15, 0.2) is 0 Å². The summed E-state index contributed by atoms with van der Waals surface area (Å²) in [6, 6.07) is 0. The number of aliphatic hydroxyl groups is 1. The summed E-state index contributed by atoms with van der Waals surface area (Å²) in [5.41, 5.74) is -0.0615. The van der Waals surface area contributed by atoms with Crippen LogP contribution in [0.25, 0.3) is 0 Å². The molecule has 0 aromatic carbocycles. The fourth-order valence-corrected chi connectivity index (χ4v) is 3.94. The summed E-state index contributed by atoms with van der Waals surface area (Å²) in [4.78, 5) is 0. The molecule has 0 aromatic heterocycles. The van der Waals surface area contributed by atoms with E-state index in [1.165, 1.54) is 44.3 Å². The van der Waals surface area contributed by atoms with Crippen molar-refractivity contribution in [1.82, 2.24) is 5.32 Å². The van der Waals surface area contributed by atoms with E-state index in [9.17, 15) is 5.11 Å². The highest BCUT2D eigenvalue weighted by molar-refractivity contribution is 7.99. The molecule has 18 heavy (non-hydrogen) atoms. The van der Waals surface area contributed by atoms with Crippen LogP contribution in [-0.4, -0.2) is 34.8 Å². The van der Waals surface area contributed by atoms with E-state index in [-0.39, 0.29) is 12.1 Å². The molecule has 0 radical (unpaired) electrons. The first-order chi connectivity index (χ1) is 8.70. The first-order valence-electron chi connectivity index (χ1n) is 7.67. The summed E-state index contributed by atoms with van der Waals surface area (Å²) in [5, 5.41) is 13.9. The van der Waals surface area contributed by atoms with E-state index in [1.807, 2.05) is 0 Å². The minimum atomic E-state index is -0.0615. The van der Waals surface area contributed by atoms with Gasteiger partial charge < -0.3 is 10.4 Å². The van der Waals surface area contributed by atoms with Crippen molar-refractivity contribution in [3.8, 4) is 0 Å². The van der Waals surface area contributed by atoms with Gasteiger partial charge in [-0.1, -0.05) is 26.2 Å². The number of aliphatic hydroxyl groups excluding tert-OH is 1. The summed E-state index contributed by atoms with van der Waals surface area (Å²) in [6.45, 7) is 5.58. The molecule has 1 aliphatic rings. The zero-order valence-corrected chi connectivity index (χ0v) is 13.0. The predicted molar refractivity (Wildman–Crippen MR) is 82.3 cm³/mol. The van der Waals surface area contributed by atoms with E-state index in [0.717, 1.165) is 24.6 Å². The Balaban J connectivity index is 2.03. The van der Waals surface area contributed by atoms with Crippen LogP contribution in [0.4, 0.5) is 0 Å². The Hall–Kier alpha value is 0.270. The van der Waals surface area contributed by atoms with E-state index < -0.39 is 0 Å².